The van der Waals surface area contributed by atoms with Crippen LogP contribution in [0.2, 0.25) is 0 Å². The molecule has 0 spiro atoms. The molecule has 0 saturated carbocycles. The largest absolute Gasteiger partial charge is 0.461 e. The Kier molecular flexibility index (Phi) is 3.90. The van der Waals surface area contributed by atoms with Gasteiger partial charge in [0.1, 0.15) is 0 Å². The minimum atomic E-state index is -0.383. The fourth-order valence-corrected chi connectivity index (χ4v) is 2.42. The van der Waals surface area contributed by atoms with E-state index >= 15 is 0 Å². The number of rotatable bonds is 3. The van der Waals surface area contributed by atoms with Crippen molar-refractivity contribution in [2.24, 2.45) is 7.05 Å². The summed E-state index contributed by atoms with van der Waals surface area (Å²) in [7, 11) is 1.82. The van der Waals surface area contributed by atoms with Crippen LogP contribution in [-0.4, -0.2) is 22.4 Å². The summed E-state index contributed by atoms with van der Waals surface area (Å²) in [6.07, 6.45) is 0. The summed E-state index contributed by atoms with van der Waals surface area (Å²) in [5, 5.41) is 4.15. The molecule has 0 fully saturated rings. The molecule has 0 aliphatic carbocycles. The van der Waals surface area contributed by atoms with Crippen LogP contribution >= 0.6 is 15.9 Å². The van der Waals surface area contributed by atoms with E-state index in [-0.39, 0.29) is 5.97 Å². The molecule has 0 aliphatic rings. The molecule has 0 atom stereocenters. The highest BCUT2D eigenvalue weighted by atomic mass is 79.9. The fourth-order valence-electron chi connectivity index (χ4n) is 1.47. The first-order chi connectivity index (χ1) is 6.99. The highest BCUT2D eigenvalue weighted by Gasteiger charge is 2.22. The standard InChI is InChI=1S/C10H15BrN2O2/c1-5-15-10(14)8-7(11)9(6(2)3)13(4)12-8/h6H,5H2,1-4H3. The summed E-state index contributed by atoms with van der Waals surface area (Å²) in [5.41, 5.74) is 1.35. The van der Waals surface area contributed by atoms with Crippen LogP contribution in [0.4, 0.5) is 0 Å². The Morgan fingerprint density at radius 1 is 1.60 bits per heavy atom. The highest BCUT2D eigenvalue weighted by Crippen LogP contribution is 2.27. The van der Waals surface area contributed by atoms with Crippen molar-refractivity contribution in [2.75, 3.05) is 6.61 Å². The van der Waals surface area contributed by atoms with Crippen LogP contribution in [-0.2, 0) is 11.8 Å². The maximum Gasteiger partial charge on any atom is 0.360 e. The lowest BCUT2D eigenvalue weighted by Crippen LogP contribution is -2.06. The average molecular weight is 275 g/mol. The summed E-state index contributed by atoms with van der Waals surface area (Å²) in [4.78, 5) is 11.5. The van der Waals surface area contributed by atoms with Gasteiger partial charge in [-0.25, -0.2) is 4.79 Å². The fraction of sp³-hybridized carbons (Fsp3) is 0.600. The topological polar surface area (TPSA) is 44.1 Å². The van der Waals surface area contributed by atoms with Crippen molar-refractivity contribution in [3.63, 3.8) is 0 Å². The Balaban J connectivity index is 3.12. The smallest absolute Gasteiger partial charge is 0.360 e. The van der Waals surface area contributed by atoms with E-state index < -0.39 is 0 Å². The number of aromatic nitrogens is 2. The third-order valence-corrected chi connectivity index (χ3v) is 2.83. The van der Waals surface area contributed by atoms with Gasteiger partial charge < -0.3 is 4.74 Å². The molecule has 0 amide bonds. The lowest BCUT2D eigenvalue weighted by molar-refractivity contribution is 0.0517. The Labute approximate surface area is 97.7 Å². The van der Waals surface area contributed by atoms with E-state index in [9.17, 15) is 4.79 Å². The first-order valence-electron chi connectivity index (χ1n) is 4.88. The van der Waals surface area contributed by atoms with Gasteiger partial charge in [-0.2, -0.15) is 5.10 Å². The molecule has 5 heteroatoms. The van der Waals surface area contributed by atoms with Crippen molar-refractivity contribution in [3.8, 4) is 0 Å². The van der Waals surface area contributed by atoms with E-state index in [0.29, 0.717) is 18.2 Å². The lowest BCUT2D eigenvalue weighted by Gasteiger charge is -2.05. The molecule has 4 nitrogen and oxygen atoms in total. The number of ether oxygens (including phenoxy) is 1. The van der Waals surface area contributed by atoms with Crippen LogP contribution in [0.25, 0.3) is 0 Å². The van der Waals surface area contributed by atoms with Crippen molar-refractivity contribution in [3.05, 3.63) is 15.9 Å². The van der Waals surface area contributed by atoms with Crippen molar-refractivity contribution < 1.29 is 9.53 Å². The molecule has 1 rings (SSSR count). The summed E-state index contributed by atoms with van der Waals surface area (Å²) >= 11 is 3.39. The average Bonchev–Trinajstić information content (AvgIpc) is 2.42. The number of esters is 1. The van der Waals surface area contributed by atoms with Gasteiger partial charge in [-0.05, 0) is 28.8 Å². The van der Waals surface area contributed by atoms with E-state index in [4.69, 9.17) is 4.74 Å². The number of hydrogen-bond acceptors (Lipinski definition) is 3. The van der Waals surface area contributed by atoms with Gasteiger partial charge in [0.25, 0.3) is 0 Å². The second-order valence-corrected chi connectivity index (χ2v) is 4.34. The molecular formula is C10H15BrN2O2. The molecule has 0 N–H and O–H groups in total. The number of carbonyl (C=O) groups excluding carboxylic acids is 1. The number of hydrogen-bond donors (Lipinski definition) is 0. The number of nitrogens with zero attached hydrogens (tertiary/aromatic N) is 2. The Bertz CT molecular complexity index is 372. The molecule has 0 bridgehead atoms. The second kappa shape index (κ2) is 4.79. The van der Waals surface area contributed by atoms with E-state index in [0.717, 1.165) is 10.2 Å². The zero-order valence-corrected chi connectivity index (χ0v) is 11.0. The van der Waals surface area contributed by atoms with Crippen molar-refractivity contribution in [1.82, 2.24) is 9.78 Å². The van der Waals surface area contributed by atoms with Gasteiger partial charge in [0.15, 0.2) is 5.69 Å². The van der Waals surface area contributed by atoms with Gasteiger partial charge in [-0.15, -0.1) is 0 Å². The predicted octanol–water partition coefficient (Wildman–Crippen LogP) is 2.48. The molecule has 0 radical (unpaired) electrons. The maximum atomic E-state index is 11.5. The maximum absolute atomic E-state index is 11.5. The highest BCUT2D eigenvalue weighted by molar-refractivity contribution is 9.10. The van der Waals surface area contributed by atoms with E-state index in [2.05, 4.69) is 34.9 Å². The Morgan fingerprint density at radius 2 is 2.20 bits per heavy atom. The number of carbonyl (C=O) groups is 1. The summed E-state index contributed by atoms with van der Waals surface area (Å²) in [5.74, 6) is -0.0769. The van der Waals surface area contributed by atoms with Gasteiger partial charge >= 0.3 is 5.97 Å². The first-order valence-corrected chi connectivity index (χ1v) is 5.67. The Hall–Kier alpha value is -0.840. The molecule has 0 saturated heterocycles. The predicted molar refractivity (Wildman–Crippen MR) is 61.0 cm³/mol. The van der Waals surface area contributed by atoms with Gasteiger partial charge in [-0.3, -0.25) is 4.68 Å². The van der Waals surface area contributed by atoms with Gasteiger partial charge in [0, 0.05) is 7.05 Å². The second-order valence-electron chi connectivity index (χ2n) is 3.55. The summed E-state index contributed by atoms with van der Waals surface area (Å²) in [6, 6.07) is 0. The van der Waals surface area contributed by atoms with E-state index in [1.165, 1.54) is 0 Å². The molecule has 0 aliphatic heterocycles. The lowest BCUT2D eigenvalue weighted by atomic mass is 10.1. The third-order valence-electron chi connectivity index (χ3n) is 2.05. The van der Waals surface area contributed by atoms with Crippen LogP contribution in [0.15, 0.2) is 4.47 Å². The normalized spacial score (nSPS) is 10.8. The first kappa shape index (κ1) is 12.2. The molecule has 1 heterocycles. The minimum Gasteiger partial charge on any atom is -0.461 e. The van der Waals surface area contributed by atoms with Crippen LogP contribution < -0.4 is 0 Å². The zero-order chi connectivity index (χ0) is 11.6. The minimum absolute atomic E-state index is 0.306. The van der Waals surface area contributed by atoms with Gasteiger partial charge in [0.05, 0.1) is 16.8 Å². The SMILES string of the molecule is CCOC(=O)c1nn(C)c(C(C)C)c1Br. The van der Waals surface area contributed by atoms with Crippen molar-refractivity contribution >= 4 is 21.9 Å². The van der Waals surface area contributed by atoms with Crippen molar-refractivity contribution in [1.29, 1.82) is 0 Å². The third kappa shape index (κ3) is 2.40. The quantitative estimate of drug-likeness (QED) is 0.796. The molecule has 15 heavy (non-hydrogen) atoms. The molecule has 1 aromatic heterocycles. The van der Waals surface area contributed by atoms with Crippen LogP contribution in [0.5, 0.6) is 0 Å². The number of aryl methyl sites for hydroxylation is 1. The molecule has 0 unspecified atom stereocenters. The monoisotopic (exact) mass is 274 g/mol. The van der Waals surface area contributed by atoms with Crippen LogP contribution in [0.3, 0.4) is 0 Å². The van der Waals surface area contributed by atoms with Crippen molar-refractivity contribution in [2.45, 2.75) is 26.7 Å². The molecule has 84 valence electrons. The zero-order valence-electron chi connectivity index (χ0n) is 9.37. The van der Waals surface area contributed by atoms with E-state index in [1.807, 2.05) is 7.05 Å². The van der Waals surface area contributed by atoms with Gasteiger partial charge in [0.2, 0.25) is 0 Å². The molecule has 0 aromatic carbocycles. The van der Waals surface area contributed by atoms with E-state index in [1.54, 1.807) is 11.6 Å². The van der Waals surface area contributed by atoms with Crippen LogP contribution in [0.1, 0.15) is 42.9 Å². The summed E-state index contributed by atoms with van der Waals surface area (Å²) < 4.78 is 7.36. The Morgan fingerprint density at radius 3 is 2.60 bits per heavy atom. The summed E-state index contributed by atoms with van der Waals surface area (Å²) in [6.45, 7) is 6.24. The van der Waals surface area contributed by atoms with Gasteiger partial charge in [-0.1, -0.05) is 13.8 Å². The van der Waals surface area contributed by atoms with Crippen LogP contribution in [0, 0.1) is 0 Å². The molecular weight excluding hydrogens is 260 g/mol. The number of halogens is 1. The molecule has 1 aromatic rings.